The smallest absolute Gasteiger partial charge is 0.194 e. The molecule has 0 saturated heterocycles. The van der Waals surface area contributed by atoms with E-state index in [1.165, 1.54) is 0 Å². The second kappa shape index (κ2) is 6.26. The first-order valence-corrected chi connectivity index (χ1v) is 5.32. The van der Waals surface area contributed by atoms with Crippen molar-refractivity contribution in [3.8, 4) is 6.07 Å². The zero-order valence-corrected chi connectivity index (χ0v) is 9.43. The number of nitrogens with one attached hydrogen (secondary N) is 1. The van der Waals surface area contributed by atoms with Gasteiger partial charge in [0.15, 0.2) is 17.5 Å². The van der Waals surface area contributed by atoms with Gasteiger partial charge < -0.3 is 5.32 Å². The number of rotatable bonds is 5. The van der Waals surface area contributed by atoms with Crippen molar-refractivity contribution in [3.63, 3.8) is 0 Å². The van der Waals surface area contributed by atoms with Gasteiger partial charge in [-0.3, -0.25) is 0 Å². The van der Waals surface area contributed by atoms with Gasteiger partial charge in [-0.05, 0) is 24.1 Å². The van der Waals surface area contributed by atoms with Crippen molar-refractivity contribution in [2.45, 2.75) is 32.4 Å². The summed E-state index contributed by atoms with van der Waals surface area (Å²) in [5.74, 6) is -3.86. The molecule has 0 saturated carbocycles. The lowest BCUT2D eigenvalue weighted by atomic mass is 10.1. The molecule has 92 valence electrons. The minimum absolute atomic E-state index is 0.0313. The summed E-state index contributed by atoms with van der Waals surface area (Å²) in [6, 6.07) is 3.88. The van der Waals surface area contributed by atoms with Crippen molar-refractivity contribution in [1.82, 2.24) is 5.32 Å². The van der Waals surface area contributed by atoms with E-state index in [-0.39, 0.29) is 12.6 Å². The molecular weight excluding hydrogens is 229 g/mol. The van der Waals surface area contributed by atoms with Crippen molar-refractivity contribution in [2.75, 3.05) is 0 Å². The van der Waals surface area contributed by atoms with Crippen LogP contribution in [0.1, 0.15) is 25.3 Å². The summed E-state index contributed by atoms with van der Waals surface area (Å²) in [7, 11) is 0. The summed E-state index contributed by atoms with van der Waals surface area (Å²) >= 11 is 0. The van der Waals surface area contributed by atoms with Gasteiger partial charge >= 0.3 is 0 Å². The average molecular weight is 242 g/mol. The molecule has 0 aliphatic rings. The van der Waals surface area contributed by atoms with E-state index in [0.29, 0.717) is 12.0 Å². The predicted molar refractivity (Wildman–Crippen MR) is 57.5 cm³/mol. The summed E-state index contributed by atoms with van der Waals surface area (Å²) in [5, 5.41) is 11.5. The molecule has 0 radical (unpaired) electrons. The van der Waals surface area contributed by atoms with Crippen molar-refractivity contribution in [1.29, 1.82) is 5.26 Å². The Kier molecular flexibility index (Phi) is 4.98. The van der Waals surface area contributed by atoms with E-state index in [0.717, 1.165) is 18.6 Å². The van der Waals surface area contributed by atoms with Crippen LogP contribution in [-0.2, 0) is 6.54 Å². The zero-order chi connectivity index (χ0) is 12.8. The van der Waals surface area contributed by atoms with E-state index in [2.05, 4.69) is 5.32 Å². The number of nitriles is 1. The Morgan fingerprint density at radius 3 is 2.35 bits per heavy atom. The number of hydrogen-bond acceptors (Lipinski definition) is 2. The Hall–Kier alpha value is -1.54. The van der Waals surface area contributed by atoms with Gasteiger partial charge in [0, 0.05) is 12.6 Å². The second-order valence-corrected chi connectivity index (χ2v) is 3.72. The molecule has 0 aromatic heterocycles. The second-order valence-electron chi connectivity index (χ2n) is 3.72. The van der Waals surface area contributed by atoms with Crippen LogP contribution < -0.4 is 5.32 Å². The Labute approximate surface area is 98.1 Å². The molecule has 1 N–H and O–H groups in total. The van der Waals surface area contributed by atoms with E-state index < -0.39 is 17.5 Å². The molecule has 1 aromatic rings. The highest BCUT2D eigenvalue weighted by atomic mass is 19.2. The van der Waals surface area contributed by atoms with Crippen LogP contribution in [0.15, 0.2) is 12.1 Å². The topological polar surface area (TPSA) is 35.8 Å². The van der Waals surface area contributed by atoms with Gasteiger partial charge in [0.1, 0.15) is 0 Å². The molecule has 1 unspecified atom stereocenters. The fourth-order valence-electron chi connectivity index (χ4n) is 1.44. The van der Waals surface area contributed by atoms with Crippen molar-refractivity contribution in [3.05, 3.63) is 35.1 Å². The Bertz CT molecular complexity index is 403. The molecule has 0 bridgehead atoms. The lowest BCUT2D eigenvalue weighted by molar-refractivity contribution is 0.441. The first kappa shape index (κ1) is 13.5. The van der Waals surface area contributed by atoms with Crippen LogP contribution in [0, 0.1) is 28.8 Å². The van der Waals surface area contributed by atoms with Crippen LogP contribution in [0.2, 0.25) is 0 Å². The third kappa shape index (κ3) is 3.75. The van der Waals surface area contributed by atoms with E-state index in [1.807, 2.05) is 13.0 Å². The van der Waals surface area contributed by atoms with Crippen molar-refractivity contribution < 1.29 is 13.2 Å². The summed E-state index contributed by atoms with van der Waals surface area (Å²) in [4.78, 5) is 0. The third-order valence-corrected chi connectivity index (χ3v) is 2.47. The van der Waals surface area contributed by atoms with Crippen LogP contribution in [0.4, 0.5) is 13.2 Å². The first-order valence-electron chi connectivity index (χ1n) is 5.32. The standard InChI is InChI=1S/C12H13F3N2/c1-2-9(3-4-16)17-7-8-5-10(13)12(15)11(14)6-8/h5-6,9,17H,2-3,7H2,1H3. The number of benzene rings is 1. The Morgan fingerprint density at radius 1 is 1.29 bits per heavy atom. The van der Waals surface area contributed by atoms with E-state index in [1.54, 1.807) is 0 Å². The molecule has 0 aliphatic carbocycles. The Morgan fingerprint density at radius 2 is 1.88 bits per heavy atom. The van der Waals surface area contributed by atoms with E-state index in [4.69, 9.17) is 5.26 Å². The average Bonchev–Trinajstić information content (AvgIpc) is 2.31. The largest absolute Gasteiger partial charge is 0.309 e. The highest BCUT2D eigenvalue weighted by molar-refractivity contribution is 5.19. The van der Waals surface area contributed by atoms with Gasteiger partial charge in [0.25, 0.3) is 0 Å². The number of hydrogen-bond donors (Lipinski definition) is 1. The van der Waals surface area contributed by atoms with E-state index >= 15 is 0 Å². The quantitative estimate of drug-likeness (QED) is 0.806. The van der Waals surface area contributed by atoms with Crippen molar-refractivity contribution >= 4 is 0 Å². The van der Waals surface area contributed by atoms with Gasteiger partial charge in [0.2, 0.25) is 0 Å². The normalized spacial score (nSPS) is 12.2. The van der Waals surface area contributed by atoms with E-state index in [9.17, 15) is 13.2 Å². The maximum atomic E-state index is 12.9. The predicted octanol–water partition coefficient (Wildman–Crippen LogP) is 2.89. The third-order valence-electron chi connectivity index (χ3n) is 2.47. The van der Waals surface area contributed by atoms with Crippen LogP contribution in [0.5, 0.6) is 0 Å². The summed E-state index contributed by atoms with van der Waals surface area (Å²) < 4.78 is 38.5. The molecule has 0 amide bonds. The SMILES string of the molecule is CCC(CC#N)NCc1cc(F)c(F)c(F)c1. The van der Waals surface area contributed by atoms with Gasteiger partial charge in [-0.25, -0.2) is 13.2 Å². The maximum absolute atomic E-state index is 12.9. The molecule has 1 rings (SSSR count). The fourth-order valence-corrected chi connectivity index (χ4v) is 1.44. The summed E-state index contributed by atoms with van der Waals surface area (Å²) in [6.45, 7) is 2.11. The molecule has 1 atom stereocenters. The van der Waals surface area contributed by atoms with Crippen molar-refractivity contribution in [2.24, 2.45) is 0 Å². The van der Waals surface area contributed by atoms with Crippen LogP contribution >= 0.6 is 0 Å². The summed E-state index contributed by atoms with van der Waals surface area (Å²) in [5.41, 5.74) is 0.317. The number of nitrogens with zero attached hydrogens (tertiary/aromatic N) is 1. The maximum Gasteiger partial charge on any atom is 0.194 e. The fraction of sp³-hybridized carbons (Fsp3) is 0.417. The minimum atomic E-state index is -1.46. The molecule has 2 nitrogen and oxygen atoms in total. The van der Waals surface area contributed by atoms with Crippen LogP contribution in [0.25, 0.3) is 0 Å². The van der Waals surface area contributed by atoms with Gasteiger partial charge in [-0.2, -0.15) is 5.26 Å². The minimum Gasteiger partial charge on any atom is -0.309 e. The summed E-state index contributed by atoms with van der Waals surface area (Å²) in [6.07, 6.45) is 1.06. The lowest BCUT2D eigenvalue weighted by Gasteiger charge is -2.13. The van der Waals surface area contributed by atoms with Gasteiger partial charge in [-0.1, -0.05) is 6.92 Å². The highest BCUT2D eigenvalue weighted by Gasteiger charge is 2.11. The molecule has 0 fully saturated rings. The molecule has 0 aliphatic heterocycles. The molecule has 0 spiro atoms. The zero-order valence-electron chi connectivity index (χ0n) is 9.43. The first-order chi connectivity index (χ1) is 8.08. The number of halogens is 3. The monoisotopic (exact) mass is 242 g/mol. The molecule has 1 aromatic carbocycles. The van der Waals surface area contributed by atoms with Gasteiger partial charge in [0.05, 0.1) is 12.5 Å². The lowest BCUT2D eigenvalue weighted by Crippen LogP contribution is -2.27. The molecule has 0 heterocycles. The van der Waals surface area contributed by atoms with Crippen LogP contribution in [0.3, 0.4) is 0 Å². The molecular formula is C12H13F3N2. The van der Waals surface area contributed by atoms with Gasteiger partial charge in [-0.15, -0.1) is 0 Å². The highest BCUT2D eigenvalue weighted by Crippen LogP contribution is 2.13. The Balaban J connectivity index is 2.67. The molecule has 17 heavy (non-hydrogen) atoms. The molecule has 5 heteroatoms. The van der Waals surface area contributed by atoms with Crippen LogP contribution in [-0.4, -0.2) is 6.04 Å².